The minimum Gasteiger partial charge on any atom is -0.507 e. The van der Waals surface area contributed by atoms with Crippen LogP contribution in [0.2, 0.25) is 0 Å². The predicted molar refractivity (Wildman–Crippen MR) is 175 cm³/mol. The lowest BCUT2D eigenvalue weighted by Gasteiger charge is -2.49. The van der Waals surface area contributed by atoms with Crippen LogP contribution in [0.4, 0.5) is 4.39 Å². The van der Waals surface area contributed by atoms with Crippen LogP contribution in [0.5, 0.6) is 11.6 Å². The number of allylic oxidation sites excluding steroid dienone is 1. The summed E-state index contributed by atoms with van der Waals surface area (Å²) in [5.41, 5.74) is -1.13. The van der Waals surface area contributed by atoms with Crippen LogP contribution in [0.15, 0.2) is 82.9 Å². The largest absolute Gasteiger partial charge is 0.507 e. The van der Waals surface area contributed by atoms with Crippen molar-refractivity contribution in [1.82, 2.24) is 10.1 Å². The lowest BCUT2D eigenvalue weighted by Crippen LogP contribution is -2.63. The quantitative estimate of drug-likeness (QED) is 0.135. The van der Waals surface area contributed by atoms with Crippen LogP contribution in [0.3, 0.4) is 0 Å². The van der Waals surface area contributed by atoms with E-state index in [2.05, 4.69) is 5.16 Å². The molecule has 0 bridgehead atoms. The topological polar surface area (TPSA) is 139 Å². The third-order valence-electron chi connectivity index (χ3n) is 9.64. The number of aliphatic hydroxyl groups excluding tert-OH is 1. The van der Waals surface area contributed by atoms with Crippen LogP contribution >= 0.6 is 0 Å². The molecule has 2 N–H and O–H groups in total. The summed E-state index contributed by atoms with van der Waals surface area (Å²) >= 11 is 0. The third-order valence-corrected chi connectivity index (χ3v) is 9.64. The second kappa shape index (κ2) is 12.6. The first-order chi connectivity index (χ1) is 23.6. The molecule has 0 saturated heterocycles. The second-order valence-corrected chi connectivity index (χ2v) is 12.7. The molecule has 3 aromatic carbocycles. The normalized spacial score (nSPS) is 22.8. The van der Waals surface area contributed by atoms with E-state index in [0.717, 1.165) is 11.1 Å². The average Bonchev–Trinajstić information content (AvgIpc) is 3.52. The van der Waals surface area contributed by atoms with Gasteiger partial charge in [0.15, 0.2) is 11.4 Å². The van der Waals surface area contributed by atoms with E-state index in [-0.39, 0.29) is 71.3 Å². The van der Waals surface area contributed by atoms with Gasteiger partial charge < -0.3 is 24.2 Å². The molecule has 49 heavy (non-hydrogen) atoms. The van der Waals surface area contributed by atoms with Crippen LogP contribution in [0.25, 0.3) is 11.8 Å². The Morgan fingerprint density at radius 3 is 2.29 bits per heavy atom. The molecule has 1 saturated carbocycles. The number of fused-ring (bicyclic) bond motifs is 4. The number of ether oxygens (including phenoxy) is 2. The fraction of sp³-hybridized carbons (Fsp3) is 0.263. The van der Waals surface area contributed by atoms with Crippen molar-refractivity contribution in [2.75, 3.05) is 14.1 Å². The lowest BCUT2D eigenvalue weighted by molar-refractivity contribution is -0.142. The van der Waals surface area contributed by atoms with Crippen LogP contribution in [-0.2, 0) is 29.2 Å². The van der Waals surface area contributed by atoms with Crippen molar-refractivity contribution >= 4 is 29.7 Å². The maximum absolute atomic E-state index is 15.9. The fourth-order valence-electron chi connectivity index (χ4n) is 7.43. The van der Waals surface area contributed by atoms with Gasteiger partial charge in [-0.25, -0.2) is 4.39 Å². The van der Waals surface area contributed by atoms with E-state index >= 15 is 4.39 Å². The first-order valence-electron chi connectivity index (χ1n) is 15.9. The molecule has 0 unspecified atom stereocenters. The summed E-state index contributed by atoms with van der Waals surface area (Å²) in [6, 6.07) is 18.8. The van der Waals surface area contributed by atoms with Gasteiger partial charge in [0.2, 0.25) is 11.6 Å². The number of carbonyl (C=O) groups is 3. The molecule has 7 rings (SSSR count). The molecule has 0 radical (unpaired) electrons. The van der Waals surface area contributed by atoms with E-state index in [1.807, 2.05) is 60.7 Å². The molecule has 3 aliphatic rings. The Bertz CT molecular complexity index is 2020. The maximum atomic E-state index is 15.9. The molecule has 3 aliphatic carbocycles. The Morgan fingerprint density at radius 2 is 1.65 bits per heavy atom. The van der Waals surface area contributed by atoms with E-state index in [4.69, 9.17) is 14.0 Å². The second-order valence-electron chi connectivity index (χ2n) is 12.7. The number of aromatic nitrogens is 1. The summed E-state index contributed by atoms with van der Waals surface area (Å²) in [5, 5.41) is 28.2. The highest BCUT2D eigenvalue weighted by molar-refractivity contribution is 6.26. The van der Waals surface area contributed by atoms with E-state index < -0.39 is 46.6 Å². The molecular formula is C38H33FN2O8. The molecule has 1 fully saturated rings. The Labute approximate surface area is 281 Å². The van der Waals surface area contributed by atoms with Gasteiger partial charge >= 0.3 is 0 Å². The fourth-order valence-corrected chi connectivity index (χ4v) is 7.43. The van der Waals surface area contributed by atoms with E-state index in [9.17, 15) is 24.6 Å². The van der Waals surface area contributed by atoms with Gasteiger partial charge in [-0.1, -0.05) is 60.7 Å². The van der Waals surface area contributed by atoms with Crippen molar-refractivity contribution < 1.29 is 43.0 Å². The third kappa shape index (κ3) is 5.26. The van der Waals surface area contributed by atoms with E-state index in [0.29, 0.717) is 6.29 Å². The number of ketones is 2. The number of rotatable bonds is 9. The molecule has 0 spiro atoms. The highest BCUT2D eigenvalue weighted by Crippen LogP contribution is 2.56. The number of hydrogen-bond donors (Lipinski definition) is 2. The zero-order chi connectivity index (χ0) is 34.4. The summed E-state index contributed by atoms with van der Waals surface area (Å²) in [6.07, 6.45) is 3.08. The summed E-state index contributed by atoms with van der Waals surface area (Å²) in [5.74, 6) is -4.88. The van der Waals surface area contributed by atoms with Gasteiger partial charge in [-0.15, -0.1) is 0 Å². The average molecular weight is 665 g/mol. The minimum atomic E-state index is -2.62. The summed E-state index contributed by atoms with van der Waals surface area (Å²) in [7, 11) is 3.46. The molecule has 1 aromatic heterocycles. The van der Waals surface area contributed by atoms with Crippen LogP contribution in [0.1, 0.15) is 56.4 Å². The Morgan fingerprint density at radius 1 is 1.00 bits per heavy atom. The highest BCUT2D eigenvalue weighted by Gasteiger charge is 2.65. The van der Waals surface area contributed by atoms with Crippen molar-refractivity contribution in [3.63, 3.8) is 0 Å². The highest BCUT2D eigenvalue weighted by atomic mass is 19.1. The number of nitrogens with zero attached hydrogens (tertiary/aromatic N) is 2. The van der Waals surface area contributed by atoms with Crippen molar-refractivity contribution in [2.45, 2.75) is 37.7 Å². The molecule has 0 amide bonds. The van der Waals surface area contributed by atoms with E-state index in [1.54, 1.807) is 19.0 Å². The van der Waals surface area contributed by atoms with E-state index in [1.165, 1.54) is 18.2 Å². The number of carbonyl (C=O) groups excluding carboxylic acids is 3. The van der Waals surface area contributed by atoms with Gasteiger partial charge in [0, 0.05) is 22.6 Å². The van der Waals surface area contributed by atoms with Crippen LogP contribution in [-0.4, -0.2) is 57.8 Å². The smallest absolute Gasteiger partial charge is 0.265 e. The Balaban J connectivity index is 1.33. The van der Waals surface area contributed by atoms with Crippen molar-refractivity contribution in [3.8, 4) is 11.6 Å². The van der Waals surface area contributed by atoms with Crippen molar-refractivity contribution in [2.24, 2.45) is 11.8 Å². The predicted octanol–water partition coefficient (Wildman–Crippen LogP) is 5.44. The first-order valence-corrected chi connectivity index (χ1v) is 15.9. The number of halogens is 1. The lowest BCUT2D eigenvalue weighted by atomic mass is 9.57. The van der Waals surface area contributed by atoms with Gasteiger partial charge in [-0.05, 0) is 67.4 Å². The van der Waals surface area contributed by atoms with Crippen LogP contribution < -0.4 is 9.47 Å². The van der Waals surface area contributed by atoms with Gasteiger partial charge in [0.25, 0.3) is 5.88 Å². The Kier molecular flexibility index (Phi) is 8.25. The standard InChI is InChI=1S/C38H33FN2O8/c1-41(2)31-26-17-24-16-25-27(39)18-23(14-9-15-42)33(47-19-21-10-5-3-6-11-21)29(25)32(43)28(24)35(44)38(26,46)36(45)30-34(31)49-40-37(30)48-20-22-12-7-4-8-13-22/h3-15,18,24,26,31,43,46H,16-17,19-20H2,1-2H3/b14-9+/t24-,26-,31-,38-/m0/s1. The molecule has 0 aliphatic heterocycles. The molecule has 4 aromatic rings. The molecule has 10 nitrogen and oxygen atoms in total. The Hall–Kier alpha value is -5.39. The van der Waals surface area contributed by atoms with Gasteiger partial charge in [-0.3, -0.25) is 19.3 Å². The number of aldehydes is 1. The SMILES string of the molecule is CN(C)[C@@H]1c2onc(OCc3ccccc3)c2C(=O)[C@@]2(O)C(=O)C3=C(O)c4c(c(F)cc(/C=C/C=O)c4OCc4ccccc4)C[C@H]3C[C@@H]12. The molecule has 1 heterocycles. The van der Waals surface area contributed by atoms with Gasteiger partial charge in [-0.2, -0.15) is 0 Å². The number of hydrogen-bond acceptors (Lipinski definition) is 10. The maximum Gasteiger partial charge on any atom is 0.265 e. The first kappa shape index (κ1) is 32.2. The number of aliphatic hydroxyl groups is 2. The van der Waals surface area contributed by atoms with Crippen molar-refractivity contribution in [1.29, 1.82) is 0 Å². The summed E-state index contributed by atoms with van der Waals surface area (Å²) in [4.78, 5) is 41.8. The van der Waals surface area contributed by atoms with Crippen LogP contribution in [0, 0.1) is 17.7 Å². The van der Waals surface area contributed by atoms with Crippen molar-refractivity contribution in [3.05, 3.63) is 123 Å². The zero-order valence-corrected chi connectivity index (χ0v) is 26.8. The molecule has 250 valence electrons. The monoisotopic (exact) mass is 664 g/mol. The molecular weight excluding hydrogens is 631 g/mol. The minimum absolute atomic E-state index is 0.0126. The molecule has 11 heteroatoms. The molecule has 4 atom stereocenters. The zero-order valence-electron chi connectivity index (χ0n) is 26.8. The summed E-state index contributed by atoms with van der Waals surface area (Å²) < 4.78 is 33.6. The van der Waals surface area contributed by atoms with Gasteiger partial charge in [0.05, 0.1) is 11.6 Å². The van der Waals surface area contributed by atoms with Gasteiger partial charge in [0.1, 0.15) is 42.4 Å². The number of benzene rings is 3. The summed E-state index contributed by atoms with van der Waals surface area (Å²) in [6.45, 7) is 0.0937. The number of Topliss-reactive ketones (excluding diaryl/α,β-unsaturated/α-hetero) is 2.